The fourth-order valence-corrected chi connectivity index (χ4v) is 4.19. The third kappa shape index (κ3) is 3.25. The summed E-state index contributed by atoms with van der Waals surface area (Å²) in [4.78, 5) is 0. The van der Waals surface area contributed by atoms with Gasteiger partial charge in [-0.3, -0.25) is 0 Å². The second-order valence-corrected chi connectivity index (χ2v) is 8.22. The van der Waals surface area contributed by atoms with Gasteiger partial charge >= 0.3 is 0 Å². The molecule has 0 N–H and O–H groups in total. The first-order valence-electron chi connectivity index (χ1n) is 10.1. The molecule has 136 valence electrons. The molecule has 4 rings (SSSR count). The van der Waals surface area contributed by atoms with E-state index in [2.05, 4.69) is 101 Å². The molecule has 1 aliphatic rings. The number of hydrogen-bond donors (Lipinski definition) is 0. The zero-order chi connectivity index (χ0) is 19.0. The molecular formula is C27H28. The maximum atomic E-state index is 2.46. The lowest BCUT2D eigenvalue weighted by Gasteiger charge is -2.19. The summed E-state index contributed by atoms with van der Waals surface area (Å²) in [5.74, 6) is 1.08. The third-order valence-electron chi connectivity index (χ3n) is 5.74. The van der Waals surface area contributed by atoms with Crippen LogP contribution in [0.3, 0.4) is 0 Å². The Kier molecular flexibility index (Phi) is 4.74. The first kappa shape index (κ1) is 17.8. The second-order valence-electron chi connectivity index (χ2n) is 8.22. The van der Waals surface area contributed by atoms with E-state index in [1.54, 1.807) is 5.57 Å². The van der Waals surface area contributed by atoms with Crippen LogP contribution in [0.2, 0.25) is 0 Å². The van der Waals surface area contributed by atoms with E-state index in [0.29, 0.717) is 11.8 Å². The normalized spacial score (nSPS) is 13.2. The lowest BCUT2D eigenvalue weighted by molar-refractivity contribution is 0.754. The number of fused-ring (bicyclic) bond motifs is 1. The summed E-state index contributed by atoms with van der Waals surface area (Å²) in [7, 11) is 0. The summed E-state index contributed by atoms with van der Waals surface area (Å²) in [5, 5.41) is 0. The van der Waals surface area contributed by atoms with E-state index in [-0.39, 0.29) is 0 Å². The summed E-state index contributed by atoms with van der Waals surface area (Å²) < 4.78 is 0. The van der Waals surface area contributed by atoms with Crippen molar-refractivity contribution in [2.24, 2.45) is 5.92 Å². The van der Waals surface area contributed by atoms with Crippen molar-refractivity contribution in [3.8, 4) is 22.3 Å². The average Bonchev–Trinajstić information content (AvgIpc) is 3.12. The Bertz CT molecular complexity index is 988. The summed E-state index contributed by atoms with van der Waals surface area (Å²) in [6.45, 7) is 9.19. The fraction of sp³-hybridized carbons (Fsp3) is 0.259. The number of rotatable bonds is 4. The molecule has 1 aliphatic carbocycles. The van der Waals surface area contributed by atoms with Crippen molar-refractivity contribution in [3.05, 3.63) is 89.0 Å². The van der Waals surface area contributed by atoms with E-state index >= 15 is 0 Å². The number of hydrogen-bond acceptors (Lipinski definition) is 0. The second kappa shape index (κ2) is 7.19. The van der Waals surface area contributed by atoms with Gasteiger partial charge < -0.3 is 0 Å². The lowest BCUT2D eigenvalue weighted by Crippen LogP contribution is -1.97. The Morgan fingerprint density at radius 1 is 0.667 bits per heavy atom. The number of allylic oxidation sites excluding steroid dienone is 1. The zero-order valence-electron chi connectivity index (χ0n) is 16.8. The van der Waals surface area contributed by atoms with Gasteiger partial charge in [0.25, 0.3) is 0 Å². The van der Waals surface area contributed by atoms with Crippen LogP contribution in [0.25, 0.3) is 28.3 Å². The first-order chi connectivity index (χ1) is 13.1. The maximum absolute atomic E-state index is 2.46. The van der Waals surface area contributed by atoms with Crippen LogP contribution in [0.4, 0.5) is 0 Å². The van der Waals surface area contributed by atoms with E-state index in [9.17, 15) is 0 Å². The van der Waals surface area contributed by atoms with Gasteiger partial charge in [-0.15, -0.1) is 0 Å². The molecule has 27 heavy (non-hydrogen) atoms. The molecule has 0 nitrogen and oxygen atoms in total. The van der Waals surface area contributed by atoms with Gasteiger partial charge in [-0.05, 0) is 57.2 Å². The Morgan fingerprint density at radius 2 is 1.37 bits per heavy atom. The molecule has 0 bridgehead atoms. The van der Waals surface area contributed by atoms with Gasteiger partial charge in [0.2, 0.25) is 0 Å². The van der Waals surface area contributed by atoms with E-state index in [0.717, 1.165) is 6.42 Å². The smallest absolute Gasteiger partial charge is 0.00271 e. The molecule has 0 heterocycles. The SMILES string of the molecule is CC(C)C1=Cc2c(ccc(-c3ccccc3)c2-c2ccccc2C(C)C)C1. The van der Waals surface area contributed by atoms with Crippen molar-refractivity contribution >= 4 is 6.08 Å². The van der Waals surface area contributed by atoms with Gasteiger partial charge in [0.1, 0.15) is 0 Å². The molecule has 0 radical (unpaired) electrons. The third-order valence-corrected chi connectivity index (χ3v) is 5.74. The van der Waals surface area contributed by atoms with Crippen LogP contribution in [0.5, 0.6) is 0 Å². The predicted octanol–water partition coefficient (Wildman–Crippen LogP) is 7.74. The van der Waals surface area contributed by atoms with Crippen molar-refractivity contribution in [3.63, 3.8) is 0 Å². The van der Waals surface area contributed by atoms with Crippen LogP contribution in [-0.4, -0.2) is 0 Å². The molecule has 0 saturated carbocycles. The minimum atomic E-state index is 0.496. The Labute approximate surface area is 163 Å². The average molecular weight is 353 g/mol. The van der Waals surface area contributed by atoms with Crippen LogP contribution < -0.4 is 0 Å². The summed E-state index contributed by atoms with van der Waals surface area (Å²) in [5.41, 5.74) is 11.3. The molecule has 0 saturated heterocycles. The van der Waals surface area contributed by atoms with E-state index in [1.807, 2.05) is 0 Å². The van der Waals surface area contributed by atoms with E-state index in [1.165, 1.54) is 38.9 Å². The van der Waals surface area contributed by atoms with Crippen molar-refractivity contribution in [2.45, 2.75) is 40.0 Å². The summed E-state index contributed by atoms with van der Waals surface area (Å²) in [6, 6.07) is 24.4. The predicted molar refractivity (Wildman–Crippen MR) is 118 cm³/mol. The summed E-state index contributed by atoms with van der Waals surface area (Å²) >= 11 is 0. The Hall–Kier alpha value is -2.60. The standard InChI is InChI=1S/C27H28/c1-18(2)22-16-21-14-15-24(20-10-6-5-7-11-20)27(26(21)17-22)25-13-9-8-12-23(25)19(3)4/h5-15,17-19H,16H2,1-4H3. The fourth-order valence-electron chi connectivity index (χ4n) is 4.19. The molecule has 0 atom stereocenters. The molecule has 0 fully saturated rings. The monoisotopic (exact) mass is 352 g/mol. The molecule has 0 aliphatic heterocycles. The van der Waals surface area contributed by atoms with Crippen LogP contribution in [0.15, 0.2) is 72.3 Å². The number of benzene rings is 3. The van der Waals surface area contributed by atoms with Crippen LogP contribution in [0, 0.1) is 5.92 Å². The molecule has 3 aromatic rings. The van der Waals surface area contributed by atoms with Gasteiger partial charge in [0.15, 0.2) is 0 Å². The largest absolute Gasteiger partial charge is 0.0626 e. The molecule has 0 heteroatoms. The lowest BCUT2D eigenvalue weighted by atomic mass is 9.84. The van der Waals surface area contributed by atoms with Crippen molar-refractivity contribution in [2.75, 3.05) is 0 Å². The molecule has 0 amide bonds. The zero-order valence-corrected chi connectivity index (χ0v) is 16.8. The minimum absolute atomic E-state index is 0.496. The van der Waals surface area contributed by atoms with Crippen molar-refractivity contribution < 1.29 is 0 Å². The highest BCUT2D eigenvalue weighted by Crippen LogP contribution is 2.44. The van der Waals surface area contributed by atoms with Crippen LogP contribution in [-0.2, 0) is 6.42 Å². The highest BCUT2D eigenvalue weighted by atomic mass is 14.3. The van der Waals surface area contributed by atoms with Crippen molar-refractivity contribution in [1.29, 1.82) is 0 Å². The van der Waals surface area contributed by atoms with Gasteiger partial charge in [0.05, 0.1) is 0 Å². The molecular weight excluding hydrogens is 324 g/mol. The molecule has 3 aromatic carbocycles. The van der Waals surface area contributed by atoms with Gasteiger partial charge in [-0.1, -0.05) is 106 Å². The molecule has 0 unspecified atom stereocenters. The Morgan fingerprint density at radius 3 is 2.07 bits per heavy atom. The van der Waals surface area contributed by atoms with Gasteiger partial charge in [-0.25, -0.2) is 0 Å². The minimum Gasteiger partial charge on any atom is -0.0626 e. The van der Waals surface area contributed by atoms with E-state index < -0.39 is 0 Å². The van der Waals surface area contributed by atoms with E-state index in [4.69, 9.17) is 0 Å². The quantitative estimate of drug-likeness (QED) is 0.450. The Balaban J connectivity index is 2.04. The van der Waals surface area contributed by atoms with Crippen LogP contribution in [0.1, 0.15) is 50.3 Å². The maximum Gasteiger partial charge on any atom is -0.00271 e. The first-order valence-corrected chi connectivity index (χ1v) is 10.1. The molecule has 0 spiro atoms. The van der Waals surface area contributed by atoms with Gasteiger partial charge in [0, 0.05) is 0 Å². The highest BCUT2D eigenvalue weighted by molar-refractivity contribution is 5.93. The molecule has 0 aromatic heterocycles. The summed E-state index contributed by atoms with van der Waals surface area (Å²) in [6.07, 6.45) is 3.54. The highest BCUT2D eigenvalue weighted by Gasteiger charge is 2.23. The van der Waals surface area contributed by atoms with Crippen LogP contribution >= 0.6 is 0 Å². The topological polar surface area (TPSA) is 0 Å². The van der Waals surface area contributed by atoms with Gasteiger partial charge in [-0.2, -0.15) is 0 Å². The van der Waals surface area contributed by atoms with Crippen molar-refractivity contribution in [1.82, 2.24) is 0 Å².